The summed E-state index contributed by atoms with van der Waals surface area (Å²) in [5.74, 6) is -0.444. The highest BCUT2D eigenvalue weighted by molar-refractivity contribution is 5.62. The molecule has 0 spiro atoms. The molecule has 102 valence electrons. The maximum atomic E-state index is 12.8. The molecule has 0 amide bonds. The molecule has 2 N–H and O–H groups in total. The van der Waals surface area contributed by atoms with Gasteiger partial charge in [0, 0.05) is 17.5 Å². The largest absolute Gasteiger partial charge is 0.414 e. The molecule has 0 aliphatic rings. The van der Waals surface area contributed by atoms with Crippen molar-refractivity contribution in [3.8, 4) is 11.3 Å². The molecule has 1 unspecified atom stereocenters. The van der Waals surface area contributed by atoms with E-state index in [9.17, 15) is 17.6 Å². The molecular weight excluding hydrogens is 264 g/mol. The van der Waals surface area contributed by atoms with Crippen molar-refractivity contribution in [1.82, 2.24) is 10.2 Å². The number of aromatic amines is 1. The molecule has 0 saturated heterocycles. The molecule has 0 saturated carbocycles. The highest BCUT2D eigenvalue weighted by atomic mass is 19.4. The molecule has 3 nitrogen and oxygen atoms in total. The first-order chi connectivity index (χ1) is 8.88. The van der Waals surface area contributed by atoms with E-state index in [0.29, 0.717) is 11.3 Å². The monoisotopic (exact) mass is 274 g/mol. The molecule has 0 aliphatic carbocycles. The standard InChI is InChI=1S/C12H10F4N2O/c13-9-3-1-7(2-4-9)11-8(6-17-18-11)5-10(19)12(14,15)16/h1-4,6,10,19H,5H2,(H,17,18). The molecule has 1 aromatic heterocycles. The van der Waals surface area contributed by atoms with Gasteiger partial charge in [-0.1, -0.05) is 0 Å². The van der Waals surface area contributed by atoms with Crippen LogP contribution in [-0.4, -0.2) is 27.6 Å². The first-order valence-electron chi connectivity index (χ1n) is 5.41. The number of rotatable bonds is 3. The Morgan fingerprint density at radius 2 is 1.84 bits per heavy atom. The number of nitrogens with zero attached hydrogens (tertiary/aromatic N) is 1. The van der Waals surface area contributed by atoms with Gasteiger partial charge in [-0.15, -0.1) is 0 Å². The van der Waals surface area contributed by atoms with Crippen LogP contribution in [0.4, 0.5) is 17.6 Å². The van der Waals surface area contributed by atoms with E-state index in [-0.39, 0.29) is 5.56 Å². The highest BCUT2D eigenvalue weighted by Crippen LogP contribution is 2.27. The van der Waals surface area contributed by atoms with Gasteiger partial charge in [0.1, 0.15) is 5.82 Å². The van der Waals surface area contributed by atoms with Crippen molar-refractivity contribution in [1.29, 1.82) is 0 Å². The predicted molar refractivity (Wildman–Crippen MR) is 59.7 cm³/mol. The van der Waals surface area contributed by atoms with Crippen LogP contribution in [0.3, 0.4) is 0 Å². The van der Waals surface area contributed by atoms with Gasteiger partial charge in [-0.3, -0.25) is 5.10 Å². The molecule has 0 fully saturated rings. The van der Waals surface area contributed by atoms with E-state index in [1.807, 2.05) is 0 Å². The smallest absolute Gasteiger partial charge is 0.383 e. The van der Waals surface area contributed by atoms with Crippen molar-refractivity contribution in [3.05, 3.63) is 41.8 Å². The SMILES string of the molecule is OC(Cc1cn[nH]c1-c1ccc(F)cc1)C(F)(F)F. The van der Waals surface area contributed by atoms with Gasteiger partial charge in [-0.05, 0) is 24.3 Å². The lowest BCUT2D eigenvalue weighted by Crippen LogP contribution is -2.30. The molecule has 2 rings (SSSR count). The molecule has 1 aromatic carbocycles. The van der Waals surface area contributed by atoms with Crippen LogP contribution in [0.25, 0.3) is 11.3 Å². The minimum atomic E-state index is -4.68. The summed E-state index contributed by atoms with van der Waals surface area (Å²) in [5.41, 5.74) is 1.06. The van der Waals surface area contributed by atoms with E-state index >= 15 is 0 Å². The van der Waals surface area contributed by atoms with Crippen LogP contribution >= 0.6 is 0 Å². The zero-order valence-electron chi connectivity index (χ0n) is 9.58. The van der Waals surface area contributed by atoms with Crippen molar-refractivity contribution < 1.29 is 22.7 Å². The zero-order valence-corrected chi connectivity index (χ0v) is 9.58. The number of benzene rings is 1. The molecule has 0 bridgehead atoms. The van der Waals surface area contributed by atoms with Gasteiger partial charge in [0.2, 0.25) is 0 Å². The zero-order chi connectivity index (χ0) is 14.0. The summed E-state index contributed by atoms with van der Waals surface area (Å²) < 4.78 is 49.7. The van der Waals surface area contributed by atoms with Gasteiger partial charge in [0.05, 0.1) is 11.9 Å². The number of halogens is 4. The summed E-state index contributed by atoms with van der Waals surface area (Å²) in [6.45, 7) is 0. The lowest BCUT2D eigenvalue weighted by atomic mass is 10.0. The number of nitrogens with one attached hydrogen (secondary N) is 1. The molecular formula is C12H10F4N2O. The maximum absolute atomic E-state index is 12.8. The third kappa shape index (κ3) is 3.11. The molecule has 2 aromatic rings. The summed E-state index contributed by atoms with van der Waals surface area (Å²) in [6.07, 6.45) is -6.53. The molecule has 7 heteroatoms. The Balaban J connectivity index is 2.25. The van der Waals surface area contributed by atoms with E-state index in [2.05, 4.69) is 10.2 Å². The van der Waals surface area contributed by atoms with Crippen molar-refractivity contribution in [2.45, 2.75) is 18.7 Å². The maximum Gasteiger partial charge on any atom is 0.414 e. The van der Waals surface area contributed by atoms with Crippen LogP contribution in [0.2, 0.25) is 0 Å². The van der Waals surface area contributed by atoms with Crippen LogP contribution in [0.5, 0.6) is 0 Å². The number of aromatic nitrogens is 2. The van der Waals surface area contributed by atoms with Crippen LogP contribution in [-0.2, 0) is 6.42 Å². The summed E-state index contributed by atoms with van der Waals surface area (Å²) in [4.78, 5) is 0. The molecule has 19 heavy (non-hydrogen) atoms. The summed E-state index contributed by atoms with van der Waals surface area (Å²) in [7, 11) is 0. The third-order valence-corrected chi connectivity index (χ3v) is 2.64. The van der Waals surface area contributed by atoms with Gasteiger partial charge in [0.15, 0.2) is 6.10 Å². The molecule has 0 aliphatic heterocycles. The number of hydrogen-bond donors (Lipinski definition) is 2. The molecule has 1 heterocycles. The van der Waals surface area contributed by atoms with Crippen molar-refractivity contribution in [2.24, 2.45) is 0 Å². The van der Waals surface area contributed by atoms with Crippen molar-refractivity contribution in [3.63, 3.8) is 0 Å². The van der Waals surface area contributed by atoms with E-state index in [0.717, 1.165) is 0 Å². The van der Waals surface area contributed by atoms with Gasteiger partial charge in [0.25, 0.3) is 0 Å². The minimum absolute atomic E-state index is 0.219. The molecule has 1 atom stereocenters. The number of aliphatic hydroxyl groups excluding tert-OH is 1. The average molecular weight is 274 g/mol. The van der Waals surface area contributed by atoms with Crippen molar-refractivity contribution >= 4 is 0 Å². The number of H-pyrrole nitrogens is 1. The van der Waals surface area contributed by atoms with Crippen LogP contribution in [0.1, 0.15) is 5.56 Å². The van der Waals surface area contributed by atoms with Crippen LogP contribution < -0.4 is 0 Å². The average Bonchev–Trinajstić information content (AvgIpc) is 2.77. The van der Waals surface area contributed by atoms with Crippen molar-refractivity contribution in [2.75, 3.05) is 0 Å². The Kier molecular flexibility index (Phi) is 3.57. The topological polar surface area (TPSA) is 48.9 Å². The number of aliphatic hydroxyl groups is 1. The lowest BCUT2D eigenvalue weighted by molar-refractivity contribution is -0.203. The fourth-order valence-corrected chi connectivity index (χ4v) is 1.66. The second-order valence-corrected chi connectivity index (χ2v) is 4.04. The second kappa shape index (κ2) is 5.00. The summed E-state index contributed by atoms with van der Waals surface area (Å²) in [5, 5.41) is 15.3. The summed E-state index contributed by atoms with van der Waals surface area (Å²) in [6, 6.07) is 5.24. The Bertz CT molecular complexity index is 548. The normalized spacial score (nSPS) is 13.5. The minimum Gasteiger partial charge on any atom is -0.383 e. The van der Waals surface area contributed by atoms with E-state index in [1.165, 1.54) is 30.5 Å². The quantitative estimate of drug-likeness (QED) is 0.845. The van der Waals surface area contributed by atoms with Crippen LogP contribution in [0.15, 0.2) is 30.5 Å². The highest BCUT2D eigenvalue weighted by Gasteiger charge is 2.38. The van der Waals surface area contributed by atoms with Crippen LogP contribution in [0, 0.1) is 5.82 Å². The van der Waals surface area contributed by atoms with E-state index in [1.54, 1.807) is 0 Å². The second-order valence-electron chi connectivity index (χ2n) is 4.04. The lowest BCUT2D eigenvalue weighted by Gasteiger charge is -2.14. The Morgan fingerprint density at radius 1 is 1.21 bits per heavy atom. The third-order valence-electron chi connectivity index (χ3n) is 2.64. The first kappa shape index (κ1) is 13.5. The summed E-state index contributed by atoms with van der Waals surface area (Å²) >= 11 is 0. The predicted octanol–water partition coefficient (Wildman–Crippen LogP) is 2.68. The van der Waals surface area contributed by atoms with Gasteiger partial charge in [-0.2, -0.15) is 18.3 Å². The van der Waals surface area contributed by atoms with E-state index in [4.69, 9.17) is 5.11 Å². The van der Waals surface area contributed by atoms with Gasteiger partial charge >= 0.3 is 6.18 Å². The van der Waals surface area contributed by atoms with E-state index < -0.39 is 24.5 Å². The Labute approximate surface area is 105 Å². The molecule has 0 radical (unpaired) electrons. The first-order valence-corrected chi connectivity index (χ1v) is 5.41. The fourth-order valence-electron chi connectivity index (χ4n) is 1.66. The van der Waals surface area contributed by atoms with Gasteiger partial charge in [-0.25, -0.2) is 4.39 Å². The Hall–Kier alpha value is -1.89. The number of alkyl halides is 3. The van der Waals surface area contributed by atoms with Gasteiger partial charge < -0.3 is 5.11 Å². The fraction of sp³-hybridized carbons (Fsp3) is 0.250. The Morgan fingerprint density at radius 3 is 2.42 bits per heavy atom. The number of hydrogen-bond acceptors (Lipinski definition) is 2.